The van der Waals surface area contributed by atoms with Crippen molar-refractivity contribution >= 4 is 10.0 Å². The highest BCUT2D eigenvalue weighted by Gasteiger charge is 2.21. The second-order valence-electron chi connectivity index (χ2n) is 3.24. The molecule has 0 heterocycles. The average Bonchev–Trinajstić information content (AvgIpc) is 2.18. The highest BCUT2D eigenvalue weighted by atomic mass is 32.2. The summed E-state index contributed by atoms with van der Waals surface area (Å²) < 4.78 is 24.2. The van der Waals surface area contributed by atoms with Crippen LogP contribution >= 0.6 is 0 Å². The number of hydrogen-bond acceptors (Lipinski definition) is 4. The van der Waals surface area contributed by atoms with Crippen molar-refractivity contribution in [1.82, 2.24) is 4.41 Å². The van der Waals surface area contributed by atoms with Crippen LogP contribution in [0.2, 0.25) is 0 Å². The first-order chi connectivity index (χ1) is 6.94. The molecule has 1 atom stereocenters. The summed E-state index contributed by atoms with van der Waals surface area (Å²) in [4.78, 5) is 0.119. The Bertz CT molecular complexity index is 403. The van der Waals surface area contributed by atoms with Gasteiger partial charge in [-0.3, -0.25) is 5.84 Å². The van der Waals surface area contributed by atoms with Crippen LogP contribution in [0.3, 0.4) is 0 Å². The Hall–Kier alpha value is -0.950. The summed E-state index contributed by atoms with van der Waals surface area (Å²) in [5.74, 6) is 5.37. The lowest BCUT2D eigenvalue weighted by atomic mass is 10.4. The molecule has 0 bridgehead atoms. The summed E-state index contributed by atoms with van der Waals surface area (Å²) in [6, 6.07) is 7.86. The van der Waals surface area contributed by atoms with Gasteiger partial charge in [0.2, 0.25) is 0 Å². The van der Waals surface area contributed by atoms with Crippen LogP contribution in [0.5, 0.6) is 0 Å². The molecule has 0 fully saturated rings. The Morgan fingerprint density at radius 2 is 1.93 bits per heavy atom. The monoisotopic (exact) mass is 230 g/mol. The van der Waals surface area contributed by atoms with Gasteiger partial charge in [-0.15, -0.1) is 4.41 Å². The first kappa shape index (κ1) is 12.1. The van der Waals surface area contributed by atoms with E-state index in [1.807, 2.05) is 0 Å². The molecule has 0 aromatic heterocycles. The van der Waals surface area contributed by atoms with Crippen molar-refractivity contribution in [3.05, 3.63) is 30.3 Å². The quantitative estimate of drug-likeness (QED) is 0.560. The summed E-state index contributed by atoms with van der Waals surface area (Å²) in [6.45, 7) is 1.34. The molecule has 5 nitrogen and oxygen atoms in total. The van der Waals surface area contributed by atoms with Crippen LogP contribution in [-0.4, -0.2) is 30.6 Å². The number of hydrazine groups is 1. The van der Waals surface area contributed by atoms with Gasteiger partial charge in [-0.05, 0) is 19.1 Å². The van der Waals surface area contributed by atoms with Gasteiger partial charge in [-0.2, -0.15) is 0 Å². The van der Waals surface area contributed by atoms with Gasteiger partial charge in [0.15, 0.2) is 0 Å². The number of aliphatic hydroxyl groups is 1. The lowest BCUT2D eigenvalue weighted by Crippen LogP contribution is -2.41. The molecular weight excluding hydrogens is 216 g/mol. The Morgan fingerprint density at radius 1 is 1.40 bits per heavy atom. The summed E-state index contributed by atoms with van der Waals surface area (Å²) in [7, 11) is -3.68. The Kier molecular flexibility index (Phi) is 3.81. The average molecular weight is 230 g/mol. The molecule has 0 aliphatic carbocycles. The van der Waals surface area contributed by atoms with E-state index in [-0.39, 0.29) is 11.4 Å². The van der Waals surface area contributed by atoms with E-state index in [2.05, 4.69) is 0 Å². The molecule has 1 aromatic rings. The topological polar surface area (TPSA) is 83.6 Å². The Labute approximate surface area is 89.2 Å². The largest absolute Gasteiger partial charge is 0.392 e. The van der Waals surface area contributed by atoms with E-state index in [1.165, 1.54) is 19.1 Å². The molecular formula is C9H14N2O3S. The zero-order chi connectivity index (χ0) is 11.5. The lowest BCUT2D eigenvalue weighted by Gasteiger charge is -2.17. The highest BCUT2D eigenvalue weighted by Crippen LogP contribution is 2.11. The SMILES string of the molecule is CC(O)CN(N)S(=O)(=O)c1ccccc1. The second kappa shape index (κ2) is 4.71. The van der Waals surface area contributed by atoms with Crippen molar-refractivity contribution in [3.63, 3.8) is 0 Å². The smallest absolute Gasteiger partial charge is 0.255 e. The predicted octanol–water partition coefficient (Wildman–Crippen LogP) is -0.0682. The van der Waals surface area contributed by atoms with Gasteiger partial charge in [0, 0.05) is 0 Å². The number of sulfonamides is 1. The van der Waals surface area contributed by atoms with Crippen LogP contribution in [0, 0.1) is 0 Å². The Balaban J connectivity index is 2.94. The first-order valence-corrected chi connectivity index (χ1v) is 5.89. The molecule has 1 unspecified atom stereocenters. The maximum Gasteiger partial charge on any atom is 0.255 e. The summed E-state index contributed by atoms with van der Waals surface area (Å²) in [5.41, 5.74) is 0. The molecule has 15 heavy (non-hydrogen) atoms. The van der Waals surface area contributed by atoms with Crippen molar-refractivity contribution in [2.24, 2.45) is 5.84 Å². The molecule has 6 heteroatoms. The van der Waals surface area contributed by atoms with Gasteiger partial charge < -0.3 is 5.11 Å². The van der Waals surface area contributed by atoms with Gasteiger partial charge in [0.1, 0.15) is 0 Å². The standard InChI is InChI=1S/C9H14N2O3S/c1-8(12)7-11(10)15(13,14)9-5-3-2-4-6-9/h2-6,8,12H,7,10H2,1H3. The summed E-state index contributed by atoms with van der Waals surface area (Å²) in [6.07, 6.45) is -0.798. The zero-order valence-corrected chi connectivity index (χ0v) is 9.18. The van der Waals surface area contributed by atoms with E-state index in [4.69, 9.17) is 10.9 Å². The van der Waals surface area contributed by atoms with E-state index < -0.39 is 16.1 Å². The van der Waals surface area contributed by atoms with Crippen molar-refractivity contribution < 1.29 is 13.5 Å². The fourth-order valence-electron chi connectivity index (χ4n) is 1.09. The molecule has 3 N–H and O–H groups in total. The highest BCUT2D eigenvalue weighted by molar-refractivity contribution is 7.89. The van der Waals surface area contributed by atoms with E-state index in [9.17, 15) is 8.42 Å². The van der Waals surface area contributed by atoms with Crippen molar-refractivity contribution in [2.45, 2.75) is 17.9 Å². The number of rotatable bonds is 4. The molecule has 0 spiro atoms. The van der Waals surface area contributed by atoms with Crippen LogP contribution in [0.15, 0.2) is 35.2 Å². The second-order valence-corrected chi connectivity index (χ2v) is 5.13. The van der Waals surface area contributed by atoms with Gasteiger partial charge >= 0.3 is 0 Å². The number of hydrogen-bond donors (Lipinski definition) is 2. The minimum Gasteiger partial charge on any atom is -0.392 e. The minimum absolute atomic E-state index is 0.119. The summed E-state index contributed by atoms with van der Waals surface area (Å²) >= 11 is 0. The Morgan fingerprint density at radius 3 is 2.40 bits per heavy atom. The fraction of sp³-hybridized carbons (Fsp3) is 0.333. The predicted molar refractivity (Wildman–Crippen MR) is 56.2 cm³/mol. The number of nitrogens with two attached hydrogens (primary N) is 1. The summed E-state index contributed by atoms with van der Waals surface area (Å²) in [5, 5.41) is 9.05. The first-order valence-electron chi connectivity index (χ1n) is 4.45. The third kappa shape index (κ3) is 3.00. The molecule has 0 aliphatic rings. The maximum atomic E-state index is 11.8. The lowest BCUT2D eigenvalue weighted by molar-refractivity contribution is 0.164. The van der Waals surface area contributed by atoms with Crippen LogP contribution in [0.25, 0.3) is 0 Å². The number of benzene rings is 1. The van der Waals surface area contributed by atoms with Gasteiger partial charge in [-0.1, -0.05) is 18.2 Å². The minimum atomic E-state index is -3.68. The van der Waals surface area contributed by atoms with Crippen molar-refractivity contribution in [1.29, 1.82) is 0 Å². The van der Waals surface area contributed by atoms with Crippen LogP contribution in [0.4, 0.5) is 0 Å². The molecule has 0 saturated heterocycles. The molecule has 1 aromatic carbocycles. The zero-order valence-electron chi connectivity index (χ0n) is 8.37. The molecule has 0 amide bonds. The third-order valence-electron chi connectivity index (χ3n) is 1.79. The van der Waals surface area contributed by atoms with Crippen molar-refractivity contribution in [2.75, 3.05) is 6.54 Å². The van der Waals surface area contributed by atoms with Gasteiger partial charge in [-0.25, -0.2) is 8.42 Å². The van der Waals surface area contributed by atoms with Crippen molar-refractivity contribution in [3.8, 4) is 0 Å². The van der Waals surface area contributed by atoms with Gasteiger partial charge in [0.05, 0.1) is 17.5 Å². The molecule has 0 saturated carbocycles. The normalized spacial score (nSPS) is 14.1. The molecule has 84 valence electrons. The number of nitrogens with zero attached hydrogens (tertiary/aromatic N) is 1. The molecule has 0 aliphatic heterocycles. The van der Waals surface area contributed by atoms with E-state index in [0.29, 0.717) is 4.41 Å². The van der Waals surface area contributed by atoms with Crippen LogP contribution in [0.1, 0.15) is 6.92 Å². The van der Waals surface area contributed by atoms with Crippen LogP contribution in [-0.2, 0) is 10.0 Å². The molecule has 1 rings (SSSR count). The third-order valence-corrected chi connectivity index (χ3v) is 3.43. The number of aliphatic hydroxyl groups excluding tert-OH is 1. The van der Waals surface area contributed by atoms with Crippen LogP contribution < -0.4 is 5.84 Å². The van der Waals surface area contributed by atoms with E-state index in [1.54, 1.807) is 18.2 Å². The fourth-order valence-corrected chi connectivity index (χ4v) is 2.27. The van der Waals surface area contributed by atoms with Gasteiger partial charge in [0.25, 0.3) is 10.0 Å². The maximum absolute atomic E-state index is 11.8. The van der Waals surface area contributed by atoms with E-state index in [0.717, 1.165) is 0 Å². The van der Waals surface area contributed by atoms with E-state index >= 15 is 0 Å². The molecule has 0 radical (unpaired) electrons.